The van der Waals surface area contributed by atoms with Crippen molar-refractivity contribution in [3.05, 3.63) is 59.9 Å². The third-order valence-electron chi connectivity index (χ3n) is 3.21. The van der Waals surface area contributed by atoms with Crippen LogP contribution in [-0.4, -0.2) is 19.0 Å². The van der Waals surface area contributed by atoms with Crippen LogP contribution in [0.25, 0.3) is 0 Å². The molecule has 0 saturated heterocycles. The van der Waals surface area contributed by atoms with E-state index in [0.717, 1.165) is 17.8 Å². The maximum atomic E-state index is 12.8. The normalized spacial score (nSPS) is 10.2. The van der Waals surface area contributed by atoms with E-state index >= 15 is 0 Å². The van der Waals surface area contributed by atoms with Gasteiger partial charge in [0, 0.05) is 17.9 Å². The molecule has 0 atom stereocenters. The summed E-state index contributed by atoms with van der Waals surface area (Å²) >= 11 is 0. The average Bonchev–Trinajstić information content (AvgIpc) is 2.47. The van der Waals surface area contributed by atoms with E-state index in [9.17, 15) is 9.18 Å². The Morgan fingerprint density at radius 2 is 1.90 bits per heavy atom. The van der Waals surface area contributed by atoms with E-state index in [2.05, 4.69) is 11.4 Å². The fourth-order valence-corrected chi connectivity index (χ4v) is 2.12. The van der Waals surface area contributed by atoms with Crippen LogP contribution in [0, 0.1) is 12.7 Å². The molecule has 0 spiro atoms. The maximum Gasteiger partial charge on any atom is 0.243 e. The standard InChI is InChI=1S/C17H19FN2O/c1-3-20(16-6-4-5-13(2)11-16)12-17(21)19-15-9-7-14(18)8-10-15/h4-11H,3,12H2,1-2H3,(H,19,21). The van der Waals surface area contributed by atoms with Crippen molar-refractivity contribution >= 4 is 17.3 Å². The number of carbonyl (C=O) groups is 1. The zero-order chi connectivity index (χ0) is 15.2. The molecule has 0 bridgehead atoms. The minimum absolute atomic E-state index is 0.120. The summed E-state index contributed by atoms with van der Waals surface area (Å²) in [6, 6.07) is 13.8. The van der Waals surface area contributed by atoms with Crippen molar-refractivity contribution in [1.29, 1.82) is 0 Å². The number of amides is 1. The summed E-state index contributed by atoms with van der Waals surface area (Å²) in [7, 11) is 0. The molecule has 2 aromatic rings. The maximum absolute atomic E-state index is 12.8. The molecule has 0 aromatic heterocycles. The van der Waals surface area contributed by atoms with Crippen molar-refractivity contribution in [2.75, 3.05) is 23.3 Å². The average molecular weight is 286 g/mol. The molecule has 2 rings (SSSR count). The van der Waals surface area contributed by atoms with Crippen LogP contribution in [0.3, 0.4) is 0 Å². The summed E-state index contributed by atoms with van der Waals surface area (Å²) in [5.74, 6) is -0.437. The minimum atomic E-state index is -0.317. The first kappa shape index (κ1) is 15.0. The molecule has 1 amide bonds. The molecule has 21 heavy (non-hydrogen) atoms. The number of rotatable bonds is 5. The summed E-state index contributed by atoms with van der Waals surface area (Å²) in [6.07, 6.45) is 0. The Hall–Kier alpha value is -2.36. The van der Waals surface area contributed by atoms with Gasteiger partial charge in [0.05, 0.1) is 6.54 Å². The van der Waals surface area contributed by atoms with Gasteiger partial charge in [0.1, 0.15) is 5.82 Å². The summed E-state index contributed by atoms with van der Waals surface area (Å²) in [5, 5.41) is 2.77. The Balaban J connectivity index is 2.01. The monoisotopic (exact) mass is 286 g/mol. The van der Waals surface area contributed by atoms with Crippen molar-refractivity contribution < 1.29 is 9.18 Å². The summed E-state index contributed by atoms with van der Waals surface area (Å²) in [4.78, 5) is 14.1. The van der Waals surface area contributed by atoms with Crippen LogP contribution in [0.15, 0.2) is 48.5 Å². The van der Waals surface area contributed by atoms with Gasteiger partial charge in [-0.2, -0.15) is 0 Å². The smallest absolute Gasteiger partial charge is 0.243 e. The molecule has 0 radical (unpaired) electrons. The van der Waals surface area contributed by atoms with Gasteiger partial charge >= 0.3 is 0 Å². The van der Waals surface area contributed by atoms with Gasteiger partial charge in [-0.3, -0.25) is 4.79 Å². The van der Waals surface area contributed by atoms with Crippen LogP contribution in [0.2, 0.25) is 0 Å². The quantitative estimate of drug-likeness (QED) is 0.911. The Bertz CT molecular complexity index is 610. The SMILES string of the molecule is CCN(CC(=O)Nc1ccc(F)cc1)c1cccc(C)c1. The van der Waals surface area contributed by atoms with Crippen LogP contribution in [0.4, 0.5) is 15.8 Å². The number of hydrogen-bond acceptors (Lipinski definition) is 2. The van der Waals surface area contributed by atoms with Gasteiger partial charge in [-0.05, 0) is 55.8 Å². The van der Waals surface area contributed by atoms with E-state index in [1.54, 1.807) is 12.1 Å². The van der Waals surface area contributed by atoms with Crippen LogP contribution in [0.1, 0.15) is 12.5 Å². The molecule has 0 aliphatic carbocycles. The second-order valence-electron chi connectivity index (χ2n) is 4.91. The number of carbonyl (C=O) groups excluding carboxylic acids is 1. The molecule has 0 aliphatic rings. The lowest BCUT2D eigenvalue weighted by Crippen LogP contribution is -2.33. The fraction of sp³-hybridized carbons (Fsp3) is 0.235. The molecule has 0 saturated carbocycles. The summed E-state index contributed by atoms with van der Waals surface area (Å²) < 4.78 is 12.8. The van der Waals surface area contributed by atoms with Crippen molar-refractivity contribution in [2.45, 2.75) is 13.8 Å². The zero-order valence-corrected chi connectivity index (χ0v) is 12.3. The Labute approximate surface area is 124 Å². The molecule has 0 unspecified atom stereocenters. The Kier molecular flexibility index (Phi) is 4.93. The second-order valence-corrected chi connectivity index (χ2v) is 4.91. The predicted molar refractivity (Wildman–Crippen MR) is 84.1 cm³/mol. The van der Waals surface area contributed by atoms with Gasteiger partial charge in [-0.25, -0.2) is 4.39 Å². The van der Waals surface area contributed by atoms with Gasteiger partial charge in [0.25, 0.3) is 0 Å². The summed E-state index contributed by atoms with van der Waals surface area (Å²) in [5.41, 5.74) is 2.78. The lowest BCUT2D eigenvalue weighted by molar-refractivity contribution is -0.115. The molecule has 0 aliphatic heterocycles. The van der Waals surface area contributed by atoms with Gasteiger partial charge in [-0.15, -0.1) is 0 Å². The molecule has 110 valence electrons. The molecular weight excluding hydrogens is 267 g/mol. The fourth-order valence-electron chi connectivity index (χ4n) is 2.12. The lowest BCUT2D eigenvalue weighted by atomic mass is 10.2. The van der Waals surface area contributed by atoms with E-state index in [0.29, 0.717) is 5.69 Å². The number of halogens is 1. The molecule has 0 fully saturated rings. The first-order valence-corrected chi connectivity index (χ1v) is 6.95. The minimum Gasteiger partial charge on any atom is -0.362 e. The third kappa shape index (κ3) is 4.31. The highest BCUT2D eigenvalue weighted by atomic mass is 19.1. The topological polar surface area (TPSA) is 32.3 Å². The van der Waals surface area contributed by atoms with Crippen molar-refractivity contribution in [3.8, 4) is 0 Å². The van der Waals surface area contributed by atoms with E-state index in [-0.39, 0.29) is 18.3 Å². The van der Waals surface area contributed by atoms with Crippen LogP contribution in [-0.2, 0) is 4.79 Å². The number of likely N-dealkylation sites (N-methyl/N-ethyl adjacent to an activating group) is 1. The largest absolute Gasteiger partial charge is 0.362 e. The predicted octanol–water partition coefficient (Wildman–Crippen LogP) is 3.60. The zero-order valence-electron chi connectivity index (χ0n) is 12.3. The number of nitrogens with one attached hydrogen (secondary N) is 1. The molecule has 4 heteroatoms. The molecular formula is C17H19FN2O. The number of aryl methyl sites for hydroxylation is 1. The number of anilines is 2. The van der Waals surface area contributed by atoms with Gasteiger partial charge in [0.15, 0.2) is 0 Å². The highest BCUT2D eigenvalue weighted by Gasteiger charge is 2.10. The second kappa shape index (κ2) is 6.88. The van der Waals surface area contributed by atoms with E-state index in [1.165, 1.54) is 12.1 Å². The van der Waals surface area contributed by atoms with Gasteiger partial charge < -0.3 is 10.2 Å². The van der Waals surface area contributed by atoms with Crippen LogP contribution < -0.4 is 10.2 Å². The van der Waals surface area contributed by atoms with Crippen molar-refractivity contribution in [2.24, 2.45) is 0 Å². The van der Waals surface area contributed by atoms with E-state index in [1.807, 2.05) is 36.9 Å². The Morgan fingerprint density at radius 1 is 1.19 bits per heavy atom. The van der Waals surface area contributed by atoms with E-state index < -0.39 is 0 Å². The Morgan fingerprint density at radius 3 is 2.52 bits per heavy atom. The highest BCUT2D eigenvalue weighted by Crippen LogP contribution is 2.16. The van der Waals surface area contributed by atoms with Crippen molar-refractivity contribution in [3.63, 3.8) is 0 Å². The molecule has 3 nitrogen and oxygen atoms in total. The first-order chi connectivity index (χ1) is 10.1. The van der Waals surface area contributed by atoms with Gasteiger partial charge in [0.2, 0.25) is 5.91 Å². The number of nitrogens with zero attached hydrogens (tertiary/aromatic N) is 1. The number of hydrogen-bond donors (Lipinski definition) is 1. The lowest BCUT2D eigenvalue weighted by Gasteiger charge is -2.22. The first-order valence-electron chi connectivity index (χ1n) is 6.95. The molecule has 1 N–H and O–H groups in total. The van der Waals surface area contributed by atoms with Crippen molar-refractivity contribution in [1.82, 2.24) is 0 Å². The van der Waals surface area contributed by atoms with Gasteiger partial charge in [-0.1, -0.05) is 12.1 Å². The summed E-state index contributed by atoms with van der Waals surface area (Å²) in [6.45, 7) is 5.03. The van der Waals surface area contributed by atoms with E-state index in [4.69, 9.17) is 0 Å². The molecule has 2 aromatic carbocycles. The van der Waals surface area contributed by atoms with Crippen LogP contribution >= 0.6 is 0 Å². The highest BCUT2D eigenvalue weighted by molar-refractivity contribution is 5.94. The third-order valence-corrected chi connectivity index (χ3v) is 3.21. The van der Waals surface area contributed by atoms with Crippen LogP contribution in [0.5, 0.6) is 0 Å². The molecule has 0 heterocycles. The number of benzene rings is 2.